The van der Waals surface area contributed by atoms with Crippen molar-refractivity contribution in [1.29, 1.82) is 0 Å². The van der Waals surface area contributed by atoms with Gasteiger partial charge in [-0.3, -0.25) is 0 Å². The van der Waals surface area contributed by atoms with Gasteiger partial charge in [-0.2, -0.15) is 0 Å². The highest BCUT2D eigenvalue weighted by molar-refractivity contribution is 6.31. The molecular weight excluding hydrogens is 237 g/mol. The highest BCUT2D eigenvalue weighted by Gasteiger charge is 2.55. The second-order valence-corrected chi connectivity index (χ2v) is 5.25. The van der Waals surface area contributed by atoms with Crippen molar-refractivity contribution in [2.24, 2.45) is 5.92 Å². The van der Waals surface area contributed by atoms with E-state index in [9.17, 15) is 4.39 Å². The predicted molar refractivity (Wildman–Crippen MR) is 70.0 cm³/mol. The molecule has 2 rings (SSSR count). The summed E-state index contributed by atoms with van der Waals surface area (Å²) in [7, 11) is 0. The molecule has 1 nitrogen and oxygen atoms in total. The van der Waals surface area contributed by atoms with E-state index in [1.807, 2.05) is 0 Å². The van der Waals surface area contributed by atoms with Gasteiger partial charge in [-0.25, -0.2) is 4.39 Å². The molecule has 3 heteroatoms. The molecule has 1 aromatic rings. The average molecular weight is 256 g/mol. The molecule has 0 saturated heterocycles. The van der Waals surface area contributed by atoms with Crippen LogP contribution < -0.4 is 5.32 Å². The highest BCUT2D eigenvalue weighted by Crippen LogP contribution is 2.57. The first-order valence-electron chi connectivity index (χ1n) is 6.31. The second kappa shape index (κ2) is 4.95. The zero-order valence-electron chi connectivity index (χ0n) is 10.4. The predicted octanol–water partition coefficient (Wildman–Crippen LogP) is 3.76. The zero-order valence-corrected chi connectivity index (χ0v) is 11.1. The Balaban J connectivity index is 2.34. The number of halogens is 2. The van der Waals surface area contributed by atoms with Gasteiger partial charge in [0.05, 0.1) is 0 Å². The Hall–Kier alpha value is -0.600. The van der Waals surface area contributed by atoms with Gasteiger partial charge < -0.3 is 5.32 Å². The van der Waals surface area contributed by atoms with Crippen LogP contribution in [0.4, 0.5) is 4.39 Å². The largest absolute Gasteiger partial charge is 0.316 e. The number of nitrogens with one attached hydrogen (secondary N) is 1. The summed E-state index contributed by atoms with van der Waals surface area (Å²) < 4.78 is 14.0. The van der Waals surface area contributed by atoms with Crippen LogP contribution in [0.2, 0.25) is 5.02 Å². The second-order valence-electron chi connectivity index (χ2n) is 4.84. The van der Waals surface area contributed by atoms with E-state index in [4.69, 9.17) is 11.6 Å². The third-order valence-electron chi connectivity index (χ3n) is 3.88. The normalized spacial score (nSPS) is 27.2. The summed E-state index contributed by atoms with van der Waals surface area (Å²) in [4.78, 5) is 0. The summed E-state index contributed by atoms with van der Waals surface area (Å²) in [5.74, 6) is 0.391. The van der Waals surface area contributed by atoms with Crippen LogP contribution in [0.5, 0.6) is 0 Å². The van der Waals surface area contributed by atoms with E-state index in [0.29, 0.717) is 10.9 Å². The molecule has 0 aliphatic heterocycles. The van der Waals surface area contributed by atoms with Gasteiger partial charge in [0.15, 0.2) is 0 Å². The smallest absolute Gasteiger partial charge is 0.128 e. The summed E-state index contributed by atoms with van der Waals surface area (Å²) in [5, 5.41) is 3.91. The first-order chi connectivity index (χ1) is 8.15. The quantitative estimate of drug-likeness (QED) is 0.845. The van der Waals surface area contributed by atoms with E-state index in [0.717, 1.165) is 31.5 Å². The maximum Gasteiger partial charge on any atom is 0.128 e. The highest BCUT2D eigenvalue weighted by atomic mass is 35.5. The molecular formula is C14H19ClFN. The van der Waals surface area contributed by atoms with E-state index in [1.54, 1.807) is 12.1 Å². The summed E-state index contributed by atoms with van der Waals surface area (Å²) in [6, 6.07) is 4.98. The van der Waals surface area contributed by atoms with Crippen LogP contribution in [0.1, 0.15) is 32.3 Å². The van der Waals surface area contributed by atoms with E-state index < -0.39 is 0 Å². The molecule has 0 heterocycles. The molecule has 0 spiro atoms. The summed E-state index contributed by atoms with van der Waals surface area (Å²) >= 11 is 6.19. The molecule has 17 heavy (non-hydrogen) atoms. The van der Waals surface area contributed by atoms with Gasteiger partial charge in [-0.05, 0) is 31.0 Å². The molecule has 2 atom stereocenters. The van der Waals surface area contributed by atoms with Crippen molar-refractivity contribution in [1.82, 2.24) is 5.32 Å². The first kappa shape index (κ1) is 12.8. The summed E-state index contributed by atoms with van der Waals surface area (Å²) in [6.45, 7) is 5.96. The van der Waals surface area contributed by atoms with Crippen LogP contribution in [0.25, 0.3) is 0 Å². The minimum Gasteiger partial charge on any atom is -0.316 e. The average Bonchev–Trinajstić information content (AvgIpc) is 3.01. The van der Waals surface area contributed by atoms with Gasteiger partial charge in [0, 0.05) is 22.5 Å². The summed E-state index contributed by atoms with van der Waals surface area (Å²) in [5.41, 5.74) is 0.641. The monoisotopic (exact) mass is 255 g/mol. The minimum absolute atomic E-state index is 0.0762. The molecule has 1 aromatic carbocycles. The van der Waals surface area contributed by atoms with Crippen molar-refractivity contribution >= 4 is 11.6 Å². The fraction of sp³-hybridized carbons (Fsp3) is 0.571. The maximum absolute atomic E-state index is 14.0. The molecule has 0 aromatic heterocycles. The van der Waals surface area contributed by atoms with Gasteiger partial charge in [-0.15, -0.1) is 0 Å². The fourth-order valence-electron chi connectivity index (χ4n) is 2.85. The van der Waals surface area contributed by atoms with Crippen molar-refractivity contribution in [3.8, 4) is 0 Å². The molecule has 2 unspecified atom stereocenters. The molecule has 1 saturated carbocycles. The first-order valence-corrected chi connectivity index (χ1v) is 6.68. The van der Waals surface area contributed by atoms with Gasteiger partial charge in [0.2, 0.25) is 0 Å². The van der Waals surface area contributed by atoms with E-state index in [2.05, 4.69) is 19.2 Å². The fourth-order valence-corrected chi connectivity index (χ4v) is 3.20. The lowest BCUT2D eigenvalue weighted by Crippen LogP contribution is -2.29. The van der Waals surface area contributed by atoms with E-state index in [1.165, 1.54) is 6.07 Å². The van der Waals surface area contributed by atoms with Gasteiger partial charge in [0.25, 0.3) is 0 Å². The summed E-state index contributed by atoms with van der Waals surface area (Å²) in [6.07, 6.45) is 2.12. The third-order valence-corrected chi connectivity index (χ3v) is 4.19. The van der Waals surface area contributed by atoms with Crippen molar-refractivity contribution < 1.29 is 4.39 Å². The maximum atomic E-state index is 14.0. The lowest BCUT2D eigenvalue weighted by molar-refractivity contribution is 0.501. The Morgan fingerprint density at radius 3 is 2.76 bits per heavy atom. The van der Waals surface area contributed by atoms with Gasteiger partial charge in [0.1, 0.15) is 5.82 Å². The van der Waals surface area contributed by atoms with Gasteiger partial charge in [-0.1, -0.05) is 37.9 Å². The molecule has 1 aliphatic carbocycles. The minimum atomic E-state index is -0.161. The van der Waals surface area contributed by atoms with E-state index in [-0.39, 0.29) is 11.2 Å². The Labute approximate surface area is 107 Å². The SMILES string of the molecule is CCNCC1(c2c(F)cccc2Cl)CC1CC. The Kier molecular flexibility index (Phi) is 3.74. The van der Waals surface area contributed by atoms with Crippen LogP contribution in [0.3, 0.4) is 0 Å². The Bertz CT molecular complexity index is 387. The Morgan fingerprint density at radius 2 is 2.24 bits per heavy atom. The molecule has 1 fully saturated rings. The van der Waals surface area contributed by atoms with Crippen LogP contribution in [0.15, 0.2) is 18.2 Å². The van der Waals surface area contributed by atoms with Crippen molar-refractivity contribution in [2.45, 2.75) is 32.1 Å². The number of rotatable bonds is 5. The molecule has 1 N–H and O–H groups in total. The van der Waals surface area contributed by atoms with Crippen molar-refractivity contribution in [3.05, 3.63) is 34.6 Å². The topological polar surface area (TPSA) is 12.0 Å². The van der Waals surface area contributed by atoms with Crippen LogP contribution in [0, 0.1) is 11.7 Å². The van der Waals surface area contributed by atoms with Crippen LogP contribution in [-0.4, -0.2) is 13.1 Å². The third kappa shape index (κ3) is 2.21. The Morgan fingerprint density at radius 1 is 1.47 bits per heavy atom. The molecule has 0 bridgehead atoms. The number of likely N-dealkylation sites (N-methyl/N-ethyl adjacent to an activating group) is 1. The molecule has 94 valence electrons. The van der Waals surface area contributed by atoms with E-state index >= 15 is 0 Å². The number of benzene rings is 1. The molecule has 0 radical (unpaired) electrons. The zero-order chi connectivity index (χ0) is 12.5. The van der Waals surface area contributed by atoms with Gasteiger partial charge >= 0.3 is 0 Å². The molecule has 1 aliphatic rings. The standard InChI is InChI=1S/C14H19ClFN/c1-3-10-8-14(10,9-17-4-2)13-11(15)6-5-7-12(13)16/h5-7,10,17H,3-4,8-9H2,1-2H3. The lowest BCUT2D eigenvalue weighted by atomic mass is 9.91. The lowest BCUT2D eigenvalue weighted by Gasteiger charge is -2.20. The van der Waals surface area contributed by atoms with Crippen LogP contribution >= 0.6 is 11.6 Å². The van der Waals surface area contributed by atoms with Crippen molar-refractivity contribution in [3.63, 3.8) is 0 Å². The number of hydrogen-bond donors (Lipinski definition) is 1. The molecule has 0 amide bonds. The van der Waals surface area contributed by atoms with Crippen molar-refractivity contribution in [2.75, 3.05) is 13.1 Å². The number of hydrogen-bond acceptors (Lipinski definition) is 1. The van der Waals surface area contributed by atoms with Crippen LogP contribution in [-0.2, 0) is 5.41 Å².